The van der Waals surface area contributed by atoms with Crippen LogP contribution in [0.2, 0.25) is 0 Å². The van der Waals surface area contributed by atoms with Crippen molar-refractivity contribution in [3.05, 3.63) is 24.4 Å². The standard InChI is InChI=1S/C17H24N8/c1-11(2)16-21-14-9-18-23-15(14)17(22-16)20-12-8-19-25(10-12)13-4-6-24(3)7-5-13/h8-11,13H,4-7H2,1-3H3,(H,18,23)(H,20,21,22). The van der Waals surface area contributed by atoms with Gasteiger partial charge < -0.3 is 10.2 Å². The van der Waals surface area contributed by atoms with Gasteiger partial charge in [-0.3, -0.25) is 9.78 Å². The van der Waals surface area contributed by atoms with Gasteiger partial charge >= 0.3 is 0 Å². The normalized spacial score (nSPS) is 16.8. The fourth-order valence-electron chi connectivity index (χ4n) is 3.20. The number of rotatable bonds is 4. The number of piperidine rings is 1. The number of H-pyrrole nitrogens is 1. The lowest BCUT2D eigenvalue weighted by Crippen LogP contribution is -2.31. The summed E-state index contributed by atoms with van der Waals surface area (Å²) in [5.74, 6) is 1.80. The van der Waals surface area contributed by atoms with Crippen LogP contribution in [0.1, 0.15) is 44.5 Å². The van der Waals surface area contributed by atoms with Crippen LogP contribution in [0.3, 0.4) is 0 Å². The minimum absolute atomic E-state index is 0.252. The van der Waals surface area contributed by atoms with Gasteiger partial charge in [0.15, 0.2) is 5.82 Å². The van der Waals surface area contributed by atoms with E-state index in [-0.39, 0.29) is 5.92 Å². The van der Waals surface area contributed by atoms with E-state index < -0.39 is 0 Å². The molecule has 0 saturated carbocycles. The zero-order chi connectivity index (χ0) is 17.4. The Morgan fingerprint density at radius 1 is 1.20 bits per heavy atom. The summed E-state index contributed by atoms with van der Waals surface area (Å²) in [6.45, 7) is 6.41. The Bertz CT molecular complexity index is 857. The van der Waals surface area contributed by atoms with Crippen LogP contribution >= 0.6 is 0 Å². The van der Waals surface area contributed by atoms with Gasteiger partial charge in [0, 0.05) is 12.1 Å². The number of anilines is 2. The minimum Gasteiger partial charge on any atom is -0.336 e. The zero-order valence-electron chi connectivity index (χ0n) is 14.9. The lowest BCUT2D eigenvalue weighted by molar-refractivity contribution is 0.212. The fraction of sp³-hybridized carbons (Fsp3) is 0.529. The van der Waals surface area contributed by atoms with Crippen LogP contribution in [0.4, 0.5) is 11.5 Å². The highest BCUT2D eigenvalue weighted by molar-refractivity contribution is 5.86. The molecular weight excluding hydrogens is 316 g/mol. The molecule has 132 valence electrons. The van der Waals surface area contributed by atoms with E-state index in [0.717, 1.165) is 54.3 Å². The maximum atomic E-state index is 4.66. The summed E-state index contributed by atoms with van der Waals surface area (Å²) in [4.78, 5) is 11.6. The summed E-state index contributed by atoms with van der Waals surface area (Å²) < 4.78 is 2.07. The Morgan fingerprint density at radius 2 is 2.00 bits per heavy atom. The molecule has 1 aliphatic heterocycles. The summed E-state index contributed by atoms with van der Waals surface area (Å²) in [5, 5.41) is 15.0. The molecule has 0 aliphatic carbocycles. The Balaban J connectivity index is 1.58. The zero-order valence-corrected chi connectivity index (χ0v) is 14.9. The Morgan fingerprint density at radius 3 is 2.76 bits per heavy atom. The van der Waals surface area contributed by atoms with Crippen molar-refractivity contribution >= 4 is 22.5 Å². The number of nitrogens with one attached hydrogen (secondary N) is 2. The van der Waals surface area contributed by atoms with Gasteiger partial charge in [0.2, 0.25) is 0 Å². The van der Waals surface area contributed by atoms with E-state index in [0.29, 0.717) is 6.04 Å². The van der Waals surface area contributed by atoms with Crippen molar-refractivity contribution in [1.82, 2.24) is 34.8 Å². The first-order chi connectivity index (χ1) is 12.1. The van der Waals surface area contributed by atoms with E-state index in [1.165, 1.54) is 0 Å². The summed E-state index contributed by atoms with van der Waals surface area (Å²) in [6, 6.07) is 0.468. The molecule has 1 aliphatic rings. The monoisotopic (exact) mass is 340 g/mol. The quantitative estimate of drug-likeness (QED) is 0.759. The predicted octanol–water partition coefficient (Wildman–Crippen LogP) is 2.68. The first kappa shape index (κ1) is 16.0. The van der Waals surface area contributed by atoms with Gasteiger partial charge in [0.25, 0.3) is 0 Å². The molecule has 0 amide bonds. The van der Waals surface area contributed by atoms with E-state index in [1.54, 1.807) is 6.20 Å². The SMILES string of the molecule is CC(C)c1nc(Nc2cnn(C3CCN(C)CC3)c2)c2[nH]ncc2n1. The lowest BCUT2D eigenvalue weighted by Gasteiger charge is -2.28. The van der Waals surface area contributed by atoms with Crippen LogP contribution < -0.4 is 5.32 Å². The second kappa shape index (κ2) is 6.44. The third-order valence-corrected chi connectivity index (χ3v) is 4.76. The lowest BCUT2D eigenvalue weighted by atomic mass is 10.1. The van der Waals surface area contributed by atoms with Crippen LogP contribution in [-0.2, 0) is 0 Å². The average Bonchev–Trinajstić information content (AvgIpc) is 3.24. The topological polar surface area (TPSA) is 87.5 Å². The molecule has 0 aromatic carbocycles. The maximum Gasteiger partial charge on any atom is 0.160 e. The molecule has 0 atom stereocenters. The highest BCUT2D eigenvalue weighted by Gasteiger charge is 2.19. The maximum absolute atomic E-state index is 4.66. The van der Waals surface area contributed by atoms with E-state index >= 15 is 0 Å². The predicted molar refractivity (Wildman–Crippen MR) is 97.1 cm³/mol. The molecule has 0 unspecified atom stereocenters. The number of hydrogen-bond acceptors (Lipinski definition) is 6. The van der Waals surface area contributed by atoms with Crippen molar-refractivity contribution in [2.24, 2.45) is 0 Å². The molecule has 0 bridgehead atoms. The van der Waals surface area contributed by atoms with Crippen molar-refractivity contribution in [2.45, 2.75) is 38.6 Å². The number of likely N-dealkylation sites (tertiary alicyclic amines) is 1. The summed E-state index contributed by atoms with van der Waals surface area (Å²) in [6.07, 6.45) is 7.92. The molecular formula is C17H24N8. The van der Waals surface area contributed by atoms with Gasteiger partial charge in [0.1, 0.15) is 16.9 Å². The Hall–Kier alpha value is -2.48. The molecule has 2 N–H and O–H groups in total. The molecule has 8 heteroatoms. The summed E-state index contributed by atoms with van der Waals surface area (Å²) in [5.41, 5.74) is 2.57. The number of aromatic amines is 1. The average molecular weight is 340 g/mol. The highest BCUT2D eigenvalue weighted by Crippen LogP contribution is 2.26. The molecule has 1 fully saturated rings. The molecule has 25 heavy (non-hydrogen) atoms. The number of aromatic nitrogens is 6. The van der Waals surface area contributed by atoms with E-state index in [2.05, 4.69) is 67.3 Å². The summed E-state index contributed by atoms with van der Waals surface area (Å²) in [7, 11) is 2.17. The molecule has 1 saturated heterocycles. The van der Waals surface area contributed by atoms with Gasteiger partial charge in [0.05, 0.1) is 24.1 Å². The number of nitrogens with zero attached hydrogens (tertiary/aromatic N) is 6. The molecule has 0 spiro atoms. The van der Waals surface area contributed by atoms with Crippen molar-refractivity contribution in [3.8, 4) is 0 Å². The first-order valence-corrected chi connectivity index (χ1v) is 8.81. The molecule has 3 aromatic rings. The minimum atomic E-state index is 0.252. The first-order valence-electron chi connectivity index (χ1n) is 8.81. The van der Waals surface area contributed by atoms with Crippen LogP contribution in [0, 0.1) is 0 Å². The van der Waals surface area contributed by atoms with Gasteiger partial charge in [-0.2, -0.15) is 10.2 Å². The second-order valence-electron chi connectivity index (χ2n) is 7.08. The van der Waals surface area contributed by atoms with Gasteiger partial charge in [-0.05, 0) is 33.0 Å². The van der Waals surface area contributed by atoms with Crippen LogP contribution in [-0.4, -0.2) is 55.0 Å². The molecule has 4 rings (SSSR count). The van der Waals surface area contributed by atoms with Crippen LogP contribution in [0.5, 0.6) is 0 Å². The molecule has 4 heterocycles. The van der Waals surface area contributed by atoms with Crippen molar-refractivity contribution in [3.63, 3.8) is 0 Å². The van der Waals surface area contributed by atoms with Gasteiger partial charge in [-0.15, -0.1) is 0 Å². The Kier molecular flexibility index (Phi) is 4.12. The third kappa shape index (κ3) is 3.21. The highest BCUT2D eigenvalue weighted by atomic mass is 15.3. The van der Waals surface area contributed by atoms with Crippen molar-refractivity contribution in [2.75, 3.05) is 25.5 Å². The van der Waals surface area contributed by atoms with Crippen LogP contribution in [0.15, 0.2) is 18.6 Å². The van der Waals surface area contributed by atoms with Crippen LogP contribution in [0.25, 0.3) is 11.0 Å². The number of hydrogen-bond donors (Lipinski definition) is 2. The van der Waals surface area contributed by atoms with Gasteiger partial charge in [-0.1, -0.05) is 13.8 Å². The molecule has 8 nitrogen and oxygen atoms in total. The van der Waals surface area contributed by atoms with Crippen molar-refractivity contribution in [1.29, 1.82) is 0 Å². The van der Waals surface area contributed by atoms with Gasteiger partial charge in [-0.25, -0.2) is 9.97 Å². The summed E-state index contributed by atoms with van der Waals surface area (Å²) >= 11 is 0. The molecule has 0 radical (unpaired) electrons. The number of fused-ring (bicyclic) bond motifs is 1. The smallest absolute Gasteiger partial charge is 0.160 e. The Labute approximate surface area is 146 Å². The largest absolute Gasteiger partial charge is 0.336 e. The van der Waals surface area contributed by atoms with Crippen molar-refractivity contribution < 1.29 is 0 Å². The van der Waals surface area contributed by atoms with E-state index in [4.69, 9.17) is 0 Å². The van der Waals surface area contributed by atoms with E-state index in [9.17, 15) is 0 Å². The second-order valence-corrected chi connectivity index (χ2v) is 7.08. The fourth-order valence-corrected chi connectivity index (χ4v) is 3.20. The third-order valence-electron chi connectivity index (χ3n) is 4.76. The van der Waals surface area contributed by atoms with E-state index in [1.807, 2.05) is 6.20 Å². The molecule has 3 aromatic heterocycles.